The Bertz CT molecular complexity index is 1650. The number of rotatable bonds is 4. The normalized spacial score (nSPS) is 35.6. The van der Waals surface area contributed by atoms with Gasteiger partial charge >= 0.3 is 0 Å². The number of ether oxygens (including phenoxy) is 1. The van der Waals surface area contributed by atoms with Gasteiger partial charge in [-0.15, -0.1) is 0 Å². The molecular formula is C18H23N3O3S. The van der Waals surface area contributed by atoms with Gasteiger partial charge in [0.05, 0.1) is 28.6 Å². The van der Waals surface area contributed by atoms with Gasteiger partial charge in [0.25, 0.3) is 10.0 Å². The van der Waals surface area contributed by atoms with Crippen LogP contribution in [0.15, 0.2) is 41.1 Å². The largest absolute Gasteiger partial charge is 0.495 e. The highest BCUT2D eigenvalue weighted by atomic mass is 32.2. The highest BCUT2D eigenvalue weighted by Gasteiger charge is 2.20. The van der Waals surface area contributed by atoms with Crippen LogP contribution in [-0.4, -0.2) is 40.3 Å². The lowest BCUT2D eigenvalue weighted by Gasteiger charge is -2.15. The monoisotopic (exact) mass is 381 g/mol. The first-order chi connectivity index (χ1) is 19.9. The average Bonchev–Trinajstić information content (AvgIpc) is 2.87. The number of nitrogens with two attached hydrogens (primary N) is 1. The fraction of sp³-hybridized carbons (Fsp3) is 0.333. The van der Waals surface area contributed by atoms with E-state index in [4.69, 9.17) is 37.9 Å². The van der Waals surface area contributed by atoms with E-state index < -0.39 is 129 Å². The third kappa shape index (κ3) is 3.88. The molecule has 0 unspecified atom stereocenters. The van der Waals surface area contributed by atoms with E-state index in [1.54, 1.807) is 0 Å². The predicted octanol–water partition coefficient (Wildman–Crippen LogP) is 2.11. The number of likely N-dealkylation sites (N-methyl/N-ethyl adjacent to an activating group) is 1. The van der Waals surface area contributed by atoms with Crippen LogP contribution >= 0.6 is 0 Å². The van der Waals surface area contributed by atoms with Crippen LogP contribution < -0.4 is 15.2 Å². The molecule has 0 aliphatic carbocycles. The molecule has 1 heterocycles. The fourth-order valence-electron chi connectivity index (χ4n) is 1.67. The summed E-state index contributed by atoms with van der Waals surface area (Å²) in [6, 6.07) is -8.09. The smallest absolute Gasteiger partial charge is 0.262 e. The number of nitrogens with one attached hydrogen (secondary N) is 1. The van der Waals surface area contributed by atoms with E-state index in [0.717, 1.165) is 0 Å². The highest BCUT2D eigenvalue weighted by molar-refractivity contribution is 7.92. The zero-order valence-electron chi connectivity index (χ0n) is 32.2. The van der Waals surface area contributed by atoms with Crippen LogP contribution in [0.5, 0.6) is 5.75 Å². The number of hydrogen-bond donors (Lipinski definition) is 2. The van der Waals surface area contributed by atoms with Crippen molar-refractivity contribution < 1.29 is 40.6 Å². The average molecular weight is 382 g/mol. The molecule has 25 heavy (non-hydrogen) atoms. The number of benzene rings is 2. The van der Waals surface area contributed by atoms with Crippen LogP contribution in [0.4, 0.5) is 11.4 Å². The SMILES string of the molecule is [2H]c1c([2H])c(S(=O)(=O)N([2H])c2c([2H])c3c(c([2H])c2OC([2H])[2H])C([2H])([2H])C([2H])([2H])N(C([2H])([2H])[2H])C([2H])([2H])C3([2H])[2H])c([2H])c([2H])c1N. The standard InChI is InChI=1S/C18H23N3O3S/c1-21-9-7-13-11-17(18(24-2)12-14(13)8-10-21)20-25(22,23)16-5-3-15(19)4-6-16/h3-6,11-12,20H,7-10,19H2,1-2H3/i1D3,2D2,3D,4D,5D,6D,7D2,8D2,9D2,10D2,11D,12D/hD. The van der Waals surface area contributed by atoms with E-state index in [-0.39, 0.29) is 0 Å². The second kappa shape index (κ2) is 6.93. The van der Waals surface area contributed by atoms with Gasteiger partial charge in [-0.3, -0.25) is 4.72 Å². The summed E-state index contributed by atoms with van der Waals surface area (Å²) in [5, 5.41) is 0. The zero-order valence-corrected chi connectivity index (χ0v) is 13.0. The van der Waals surface area contributed by atoms with Crippen LogP contribution in [0.3, 0.4) is 0 Å². The highest BCUT2D eigenvalue weighted by Crippen LogP contribution is 2.32. The van der Waals surface area contributed by atoms with E-state index in [9.17, 15) is 8.42 Å². The molecule has 1 aliphatic heterocycles. The Balaban J connectivity index is 2.64. The summed E-state index contributed by atoms with van der Waals surface area (Å²) >= 11 is 0. The zero-order chi connectivity index (χ0) is 35.4. The number of methoxy groups -OCH3 is 1. The van der Waals surface area contributed by atoms with Crippen LogP contribution in [0.25, 0.3) is 0 Å². The molecule has 0 radical (unpaired) electrons. The maximum atomic E-state index is 13.6. The van der Waals surface area contributed by atoms with Crippen molar-refractivity contribution >= 4 is 21.4 Å². The molecule has 134 valence electrons. The Kier molecular flexibility index (Phi) is 1.49. The molecular weight excluding hydrogens is 338 g/mol. The van der Waals surface area contributed by atoms with Gasteiger partial charge in [0.2, 0.25) is 0 Å². The summed E-state index contributed by atoms with van der Waals surface area (Å²) < 4.78 is 194. The predicted molar refractivity (Wildman–Crippen MR) is 99.6 cm³/mol. The minimum absolute atomic E-state index is 0.766. The molecule has 3 N–H and O–H groups in total. The van der Waals surface area contributed by atoms with Crippen molar-refractivity contribution in [3.8, 4) is 5.75 Å². The van der Waals surface area contributed by atoms with Crippen LogP contribution in [-0.2, 0) is 22.8 Å². The Morgan fingerprint density at radius 1 is 1.28 bits per heavy atom. The van der Waals surface area contributed by atoms with Crippen molar-refractivity contribution in [1.82, 2.24) is 4.90 Å². The van der Waals surface area contributed by atoms with Gasteiger partial charge in [-0.2, -0.15) is 0 Å². The molecule has 0 spiro atoms. The van der Waals surface area contributed by atoms with E-state index >= 15 is 0 Å². The molecule has 0 fully saturated rings. The van der Waals surface area contributed by atoms with E-state index in [0.29, 0.717) is 0 Å². The molecule has 2 aromatic rings. The van der Waals surface area contributed by atoms with Crippen LogP contribution in [0.1, 0.15) is 37.2 Å². The lowest BCUT2D eigenvalue weighted by atomic mass is 10.0. The van der Waals surface area contributed by atoms with E-state index in [1.165, 1.54) is 0 Å². The van der Waals surface area contributed by atoms with Crippen LogP contribution in [0.2, 0.25) is 1.41 Å². The topological polar surface area (TPSA) is 84.7 Å². The molecule has 0 amide bonds. The Hall–Kier alpha value is -2.25. The van der Waals surface area contributed by atoms with E-state index in [1.807, 2.05) is 0 Å². The lowest BCUT2D eigenvalue weighted by Crippen LogP contribution is -2.20. The molecule has 6 nitrogen and oxygen atoms in total. The molecule has 2 aromatic carbocycles. The van der Waals surface area contributed by atoms with Gasteiger partial charge in [-0.25, -0.2) is 8.42 Å². The van der Waals surface area contributed by atoms with Crippen LogP contribution in [0, 0.1) is 0 Å². The Morgan fingerprint density at radius 3 is 2.60 bits per heavy atom. The maximum Gasteiger partial charge on any atom is 0.262 e. The number of nitrogen functional groups attached to an aromatic ring is 1. The summed E-state index contributed by atoms with van der Waals surface area (Å²) in [5.74, 6) is -1.50. The summed E-state index contributed by atoms with van der Waals surface area (Å²) in [6.45, 7) is -12.1. The summed E-state index contributed by atoms with van der Waals surface area (Å²) in [5.41, 5.74) is -0.151. The Labute approximate surface area is 176 Å². The number of anilines is 2. The third-order valence-electron chi connectivity index (χ3n) is 2.74. The van der Waals surface area contributed by atoms with Gasteiger partial charge in [0.15, 0.2) is 1.41 Å². The second-order valence-electron chi connectivity index (χ2n) is 4.41. The van der Waals surface area contributed by atoms with Crippen molar-refractivity contribution in [1.29, 1.82) is 0 Å². The van der Waals surface area contributed by atoms with Crippen molar-refractivity contribution in [2.75, 3.05) is 37.5 Å². The van der Waals surface area contributed by atoms with Gasteiger partial charge in [0, 0.05) is 33.8 Å². The fourth-order valence-corrected chi connectivity index (χ4v) is 2.49. The maximum absolute atomic E-state index is 13.6. The van der Waals surface area contributed by atoms with Gasteiger partial charge in [-0.05, 0) is 67.1 Å². The van der Waals surface area contributed by atoms with Crippen molar-refractivity contribution in [2.45, 2.75) is 17.6 Å². The molecule has 3 rings (SSSR count). The molecule has 0 saturated carbocycles. The third-order valence-corrected chi connectivity index (χ3v) is 3.88. The number of fused-ring (bicyclic) bond motifs is 1. The summed E-state index contributed by atoms with van der Waals surface area (Å²) in [4.78, 5) is -2.29. The second-order valence-corrected chi connectivity index (χ2v) is 5.95. The summed E-state index contributed by atoms with van der Waals surface area (Å²) in [6.07, 6.45) is -7.95. The Morgan fingerprint density at radius 2 is 1.96 bits per heavy atom. The first-order valence-corrected chi connectivity index (χ1v) is 7.78. The first-order valence-electron chi connectivity index (χ1n) is 16.4. The van der Waals surface area contributed by atoms with Crippen molar-refractivity contribution in [3.63, 3.8) is 0 Å². The van der Waals surface area contributed by atoms with Gasteiger partial charge in [-0.1, -0.05) is 0 Å². The quantitative estimate of drug-likeness (QED) is 0.793. The first kappa shape index (κ1) is 5.37. The van der Waals surface area contributed by atoms with Gasteiger partial charge < -0.3 is 15.4 Å². The number of hydrogen-bond acceptors (Lipinski definition) is 5. The van der Waals surface area contributed by atoms with Crippen molar-refractivity contribution in [3.05, 3.63) is 47.4 Å². The molecule has 0 aromatic heterocycles. The minimum Gasteiger partial charge on any atom is -0.495 e. The number of sulfonamides is 1. The molecule has 0 atom stereocenters. The molecule has 1 aliphatic rings. The minimum atomic E-state index is -5.76. The molecule has 0 saturated heterocycles. The van der Waals surface area contributed by atoms with Crippen molar-refractivity contribution in [2.24, 2.45) is 0 Å². The number of nitrogens with zero attached hydrogens (tertiary/aromatic N) is 1. The molecule has 7 heteroatoms. The lowest BCUT2D eigenvalue weighted by molar-refractivity contribution is 0.352. The molecule has 0 bridgehead atoms. The van der Waals surface area contributed by atoms with Gasteiger partial charge in [0.1, 0.15) is 5.75 Å². The van der Waals surface area contributed by atoms with E-state index in [2.05, 4.69) is 0 Å². The summed E-state index contributed by atoms with van der Waals surface area (Å²) in [7, 11) is -8.31.